The molecule has 6 heteroatoms. The van der Waals surface area contributed by atoms with Gasteiger partial charge in [-0.25, -0.2) is 4.39 Å². The van der Waals surface area contributed by atoms with E-state index in [-0.39, 0.29) is 16.1 Å². The van der Waals surface area contributed by atoms with Crippen molar-refractivity contribution >= 4 is 56.5 Å². The van der Waals surface area contributed by atoms with Gasteiger partial charge >= 0.3 is 0 Å². The third-order valence-corrected chi connectivity index (χ3v) is 4.10. The minimum Gasteiger partial charge on any atom is -0.288 e. The molecule has 2 rings (SSSR count). The number of hydrogen-bond acceptors (Lipinski definition) is 1. The van der Waals surface area contributed by atoms with Crippen LogP contribution in [0.5, 0.6) is 0 Å². The molecule has 19 heavy (non-hydrogen) atoms. The van der Waals surface area contributed by atoms with Crippen molar-refractivity contribution < 1.29 is 9.18 Å². The number of carbonyl (C=O) groups is 1. The number of rotatable bonds is 2. The summed E-state index contributed by atoms with van der Waals surface area (Å²) in [7, 11) is 0. The topological polar surface area (TPSA) is 17.1 Å². The van der Waals surface area contributed by atoms with E-state index in [1.165, 1.54) is 30.3 Å². The van der Waals surface area contributed by atoms with Crippen molar-refractivity contribution in [2.45, 2.75) is 0 Å². The van der Waals surface area contributed by atoms with Gasteiger partial charge in [-0.2, -0.15) is 0 Å². The van der Waals surface area contributed by atoms with Crippen LogP contribution < -0.4 is 0 Å². The second-order valence-corrected chi connectivity index (χ2v) is 5.82. The monoisotopic (exact) mass is 380 g/mol. The van der Waals surface area contributed by atoms with Crippen molar-refractivity contribution in [3.8, 4) is 0 Å². The lowest BCUT2D eigenvalue weighted by Crippen LogP contribution is -2.05. The van der Waals surface area contributed by atoms with Crippen LogP contribution in [0.15, 0.2) is 34.8 Å². The number of halogens is 5. The van der Waals surface area contributed by atoms with E-state index >= 15 is 0 Å². The second kappa shape index (κ2) is 5.80. The summed E-state index contributed by atoms with van der Waals surface area (Å²) in [6, 6.07) is 7.19. The highest BCUT2D eigenvalue weighted by atomic mass is 79.9. The first-order valence-electron chi connectivity index (χ1n) is 5.04. The summed E-state index contributed by atoms with van der Waals surface area (Å²) in [5, 5.41) is 0.470. The van der Waals surface area contributed by atoms with Crippen LogP contribution in [-0.4, -0.2) is 5.78 Å². The Bertz CT molecular complexity index is 653. The van der Waals surface area contributed by atoms with E-state index in [9.17, 15) is 9.18 Å². The second-order valence-electron chi connectivity index (χ2n) is 3.71. The van der Waals surface area contributed by atoms with Crippen LogP contribution in [0.25, 0.3) is 0 Å². The van der Waals surface area contributed by atoms with E-state index in [1.807, 2.05) is 0 Å². The summed E-state index contributed by atoms with van der Waals surface area (Å²) in [6.45, 7) is 0. The molecular weight excluding hydrogens is 377 g/mol. The Morgan fingerprint density at radius 3 is 2.21 bits per heavy atom. The van der Waals surface area contributed by atoms with Crippen molar-refractivity contribution in [3.05, 3.63) is 66.8 Å². The van der Waals surface area contributed by atoms with Gasteiger partial charge in [0.15, 0.2) is 11.6 Å². The zero-order chi connectivity index (χ0) is 14.2. The van der Waals surface area contributed by atoms with Gasteiger partial charge in [0.25, 0.3) is 0 Å². The van der Waals surface area contributed by atoms with E-state index in [1.54, 1.807) is 0 Å². The van der Waals surface area contributed by atoms with Gasteiger partial charge in [0.05, 0.1) is 10.6 Å². The van der Waals surface area contributed by atoms with Crippen molar-refractivity contribution in [2.24, 2.45) is 0 Å². The molecule has 2 aromatic rings. The Morgan fingerprint density at radius 2 is 1.63 bits per heavy atom. The molecule has 0 fully saturated rings. The largest absolute Gasteiger partial charge is 0.288 e. The van der Waals surface area contributed by atoms with Gasteiger partial charge in [0, 0.05) is 20.1 Å². The fourth-order valence-corrected chi connectivity index (χ4v) is 2.54. The molecule has 0 saturated heterocycles. The van der Waals surface area contributed by atoms with E-state index in [0.717, 1.165) is 0 Å². The first-order valence-corrected chi connectivity index (χ1v) is 6.97. The summed E-state index contributed by atoms with van der Waals surface area (Å²) >= 11 is 20.5. The van der Waals surface area contributed by atoms with Crippen molar-refractivity contribution in [1.29, 1.82) is 0 Å². The minimum atomic E-state index is -0.780. The predicted molar refractivity (Wildman–Crippen MR) is 79.0 cm³/mol. The Balaban J connectivity index is 2.53. The molecule has 2 aromatic carbocycles. The average molecular weight is 382 g/mol. The Morgan fingerprint density at radius 1 is 1.05 bits per heavy atom. The van der Waals surface area contributed by atoms with Gasteiger partial charge in [-0.3, -0.25) is 4.79 Å². The van der Waals surface area contributed by atoms with E-state index < -0.39 is 11.6 Å². The molecule has 0 aromatic heterocycles. The van der Waals surface area contributed by atoms with Gasteiger partial charge in [0.2, 0.25) is 0 Å². The van der Waals surface area contributed by atoms with Crippen LogP contribution in [0.1, 0.15) is 15.9 Å². The third-order valence-electron chi connectivity index (χ3n) is 2.40. The molecule has 0 aliphatic carbocycles. The molecule has 0 aliphatic rings. The van der Waals surface area contributed by atoms with Crippen LogP contribution in [0.3, 0.4) is 0 Å². The molecule has 0 bridgehead atoms. The minimum absolute atomic E-state index is 0.133. The summed E-state index contributed by atoms with van der Waals surface area (Å²) in [5.74, 6) is -1.31. The highest BCUT2D eigenvalue weighted by Gasteiger charge is 2.18. The zero-order valence-corrected chi connectivity index (χ0v) is 13.0. The Kier molecular flexibility index (Phi) is 4.51. The molecule has 0 saturated carbocycles. The molecule has 0 N–H and O–H groups in total. The fourth-order valence-electron chi connectivity index (χ4n) is 1.54. The summed E-state index contributed by atoms with van der Waals surface area (Å²) in [6.07, 6.45) is 0. The number of hydrogen-bond donors (Lipinski definition) is 0. The standard InChI is InChI=1S/C13H5BrCl3FO/c14-10-2-1-9(12(18)11(10)17)13(19)6-3-7(15)5-8(16)4-6/h1-5H. The molecule has 0 unspecified atom stereocenters. The van der Waals surface area contributed by atoms with E-state index in [2.05, 4.69) is 15.9 Å². The number of carbonyl (C=O) groups excluding carboxylic acids is 1. The van der Waals surface area contributed by atoms with Crippen molar-refractivity contribution in [2.75, 3.05) is 0 Å². The van der Waals surface area contributed by atoms with Crippen LogP contribution in [0, 0.1) is 5.82 Å². The first kappa shape index (κ1) is 14.8. The van der Waals surface area contributed by atoms with Crippen LogP contribution in [0.2, 0.25) is 15.1 Å². The third kappa shape index (κ3) is 3.11. The maximum Gasteiger partial charge on any atom is 0.196 e. The lowest BCUT2D eigenvalue weighted by atomic mass is 10.0. The Hall–Kier alpha value is -0.610. The van der Waals surface area contributed by atoms with E-state index in [4.69, 9.17) is 34.8 Å². The highest BCUT2D eigenvalue weighted by molar-refractivity contribution is 9.10. The van der Waals surface area contributed by atoms with Crippen LogP contribution in [-0.2, 0) is 0 Å². The molecule has 98 valence electrons. The zero-order valence-electron chi connectivity index (χ0n) is 9.18. The maximum atomic E-state index is 14.0. The van der Waals surface area contributed by atoms with Crippen molar-refractivity contribution in [3.63, 3.8) is 0 Å². The Labute approximate surface area is 132 Å². The smallest absolute Gasteiger partial charge is 0.196 e. The van der Waals surface area contributed by atoms with Gasteiger partial charge in [0.1, 0.15) is 0 Å². The highest BCUT2D eigenvalue weighted by Crippen LogP contribution is 2.29. The van der Waals surface area contributed by atoms with Gasteiger partial charge in [-0.15, -0.1) is 0 Å². The van der Waals surface area contributed by atoms with Crippen LogP contribution >= 0.6 is 50.7 Å². The number of ketones is 1. The van der Waals surface area contributed by atoms with Crippen LogP contribution in [0.4, 0.5) is 4.39 Å². The van der Waals surface area contributed by atoms with E-state index in [0.29, 0.717) is 14.5 Å². The molecule has 1 nitrogen and oxygen atoms in total. The molecule has 0 amide bonds. The van der Waals surface area contributed by atoms with Gasteiger partial charge in [-0.05, 0) is 46.3 Å². The average Bonchev–Trinajstić information content (AvgIpc) is 2.34. The predicted octanol–water partition coefficient (Wildman–Crippen LogP) is 5.78. The lowest BCUT2D eigenvalue weighted by molar-refractivity contribution is 0.103. The maximum absolute atomic E-state index is 14.0. The summed E-state index contributed by atoms with van der Waals surface area (Å²) < 4.78 is 14.3. The number of benzene rings is 2. The SMILES string of the molecule is O=C(c1cc(Cl)cc(Cl)c1)c1ccc(Br)c(Cl)c1F. The normalized spacial score (nSPS) is 10.6. The summed E-state index contributed by atoms with van der Waals surface area (Å²) in [4.78, 5) is 12.2. The van der Waals surface area contributed by atoms with Gasteiger partial charge < -0.3 is 0 Å². The molecule has 0 heterocycles. The molecular formula is C13H5BrCl3FO. The summed E-state index contributed by atoms with van der Waals surface area (Å²) in [5.41, 5.74) is 0.0707. The first-order chi connectivity index (χ1) is 8.90. The molecule has 0 atom stereocenters. The molecule has 0 radical (unpaired) electrons. The fraction of sp³-hybridized carbons (Fsp3) is 0. The van der Waals surface area contributed by atoms with Crippen molar-refractivity contribution in [1.82, 2.24) is 0 Å². The lowest BCUT2D eigenvalue weighted by Gasteiger charge is -2.06. The molecule has 0 aliphatic heterocycles. The van der Waals surface area contributed by atoms with Gasteiger partial charge in [-0.1, -0.05) is 34.8 Å². The quantitative estimate of drug-likeness (QED) is 0.475. The molecule has 0 spiro atoms.